The Morgan fingerprint density at radius 3 is 1.83 bits per heavy atom. The first kappa shape index (κ1) is 23.9. The molecule has 1 fully saturated rings. The van der Waals surface area contributed by atoms with Crippen molar-refractivity contribution in [1.82, 2.24) is 14.9 Å². The van der Waals surface area contributed by atoms with E-state index in [1.54, 1.807) is 12.4 Å². The molecule has 0 aliphatic carbocycles. The number of ether oxygens (including phenoxy) is 4. The van der Waals surface area contributed by atoms with E-state index in [2.05, 4.69) is 26.7 Å². The Bertz CT molecular complexity index is 512. The molecule has 1 aromatic heterocycles. The summed E-state index contributed by atoms with van der Waals surface area (Å²) in [6.45, 7) is 12.5. The van der Waals surface area contributed by atoms with Gasteiger partial charge >= 0.3 is 0 Å². The Morgan fingerprint density at radius 1 is 0.793 bits per heavy atom. The largest absolute Gasteiger partial charge is 0.379 e. The molecule has 2 rings (SSSR count). The summed E-state index contributed by atoms with van der Waals surface area (Å²) in [5.74, 6) is 0.785. The maximum atomic E-state index is 5.67. The van der Waals surface area contributed by atoms with Gasteiger partial charge in [0.05, 0.1) is 46.2 Å². The van der Waals surface area contributed by atoms with Gasteiger partial charge in [-0.2, -0.15) is 0 Å². The molecule has 1 aliphatic rings. The van der Waals surface area contributed by atoms with Gasteiger partial charge in [-0.3, -0.25) is 4.90 Å². The van der Waals surface area contributed by atoms with E-state index >= 15 is 0 Å². The lowest BCUT2D eigenvalue weighted by atomic mass is 10.3. The fourth-order valence-corrected chi connectivity index (χ4v) is 2.89. The zero-order valence-electron chi connectivity index (χ0n) is 17.8. The van der Waals surface area contributed by atoms with Crippen LogP contribution in [0.25, 0.3) is 0 Å². The summed E-state index contributed by atoms with van der Waals surface area (Å²) in [5.41, 5.74) is 6.55. The van der Waals surface area contributed by atoms with Crippen molar-refractivity contribution in [2.75, 3.05) is 90.5 Å². The molecule has 0 aromatic carbocycles. The van der Waals surface area contributed by atoms with Gasteiger partial charge in [0.1, 0.15) is 0 Å². The van der Waals surface area contributed by atoms with Crippen LogP contribution in [0.15, 0.2) is 12.4 Å². The molecule has 166 valence electrons. The molecule has 2 N–H and O–H groups in total. The normalized spacial score (nSPS) is 15.2. The molecule has 0 atom stereocenters. The Hall–Kier alpha value is -1.36. The minimum Gasteiger partial charge on any atom is -0.379 e. The highest BCUT2D eigenvalue weighted by Crippen LogP contribution is 2.10. The Kier molecular flexibility index (Phi) is 12.8. The number of piperazine rings is 1. The zero-order valence-corrected chi connectivity index (χ0v) is 17.8. The van der Waals surface area contributed by atoms with E-state index in [-0.39, 0.29) is 0 Å². The van der Waals surface area contributed by atoms with Crippen molar-refractivity contribution in [1.29, 1.82) is 0 Å². The molecule has 0 spiro atoms. The van der Waals surface area contributed by atoms with Crippen molar-refractivity contribution in [3.63, 3.8) is 0 Å². The summed E-state index contributed by atoms with van der Waals surface area (Å²) in [6.07, 6.45) is 4.65. The van der Waals surface area contributed by atoms with Gasteiger partial charge in [-0.15, -0.1) is 0 Å². The molecule has 0 saturated carbocycles. The minimum atomic E-state index is 0.474. The highest BCUT2D eigenvalue weighted by atomic mass is 16.6. The standard InChI is InChI=1S/C20H37N5O4/c1-2-8-26-10-12-28-14-15-29-13-11-27-9-7-24-3-5-25(6-4-24)20-22-17-19(16-21)18-23-20/h17-18H,2-16,21H2,1H3. The first-order valence-corrected chi connectivity index (χ1v) is 10.6. The first-order chi connectivity index (χ1) is 14.3. The molecule has 1 aromatic rings. The fourth-order valence-electron chi connectivity index (χ4n) is 2.89. The Balaban J connectivity index is 1.39. The summed E-state index contributed by atoms with van der Waals surface area (Å²) in [6, 6.07) is 0. The molecule has 9 heteroatoms. The summed E-state index contributed by atoms with van der Waals surface area (Å²) < 4.78 is 21.9. The summed E-state index contributed by atoms with van der Waals surface area (Å²) >= 11 is 0. The van der Waals surface area contributed by atoms with Crippen molar-refractivity contribution in [2.24, 2.45) is 5.73 Å². The average Bonchev–Trinajstić information content (AvgIpc) is 2.77. The summed E-state index contributed by atoms with van der Waals surface area (Å²) in [5, 5.41) is 0. The van der Waals surface area contributed by atoms with E-state index in [0.29, 0.717) is 46.2 Å². The van der Waals surface area contributed by atoms with E-state index in [4.69, 9.17) is 24.7 Å². The SMILES string of the molecule is CCCOCCOCCOCCOCCN1CCN(c2ncc(CN)cn2)CC1. The van der Waals surface area contributed by atoms with Gasteiger partial charge in [0.2, 0.25) is 5.95 Å². The molecule has 0 radical (unpaired) electrons. The lowest BCUT2D eigenvalue weighted by molar-refractivity contribution is -0.00390. The summed E-state index contributed by atoms with van der Waals surface area (Å²) in [7, 11) is 0. The number of hydrogen-bond acceptors (Lipinski definition) is 9. The highest BCUT2D eigenvalue weighted by molar-refractivity contribution is 5.30. The van der Waals surface area contributed by atoms with Gasteiger partial charge in [0.25, 0.3) is 0 Å². The average molecular weight is 412 g/mol. The first-order valence-electron chi connectivity index (χ1n) is 10.6. The van der Waals surface area contributed by atoms with Crippen LogP contribution in [0.5, 0.6) is 0 Å². The highest BCUT2D eigenvalue weighted by Gasteiger charge is 2.18. The zero-order chi connectivity index (χ0) is 20.6. The topological polar surface area (TPSA) is 95.2 Å². The van der Waals surface area contributed by atoms with Crippen LogP contribution in [-0.2, 0) is 25.5 Å². The van der Waals surface area contributed by atoms with Gasteiger partial charge in [-0.05, 0) is 6.42 Å². The molecular weight excluding hydrogens is 374 g/mol. The number of anilines is 1. The Labute approximate surface area is 174 Å². The molecule has 9 nitrogen and oxygen atoms in total. The van der Waals surface area contributed by atoms with E-state index in [9.17, 15) is 0 Å². The van der Waals surface area contributed by atoms with Gasteiger partial charge in [0.15, 0.2) is 0 Å². The van der Waals surface area contributed by atoms with Gasteiger partial charge < -0.3 is 29.6 Å². The van der Waals surface area contributed by atoms with Crippen LogP contribution in [0.3, 0.4) is 0 Å². The molecule has 29 heavy (non-hydrogen) atoms. The molecule has 0 bridgehead atoms. The predicted octanol–water partition coefficient (Wildman–Crippen LogP) is 0.534. The van der Waals surface area contributed by atoms with E-state index in [0.717, 1.165) is 63.9 Å². The fraction of sp³-hybridized carbons (Fsp3) is 0.800. The van der Waals surface area contributed by atoms with Crippen LogP contribution in [0.1, 0.15) is 18.9 Å². The maximum Gasteiger partial charge on any atom is 0.225 e. The molecule has 0 unspecified atom stereocenters. The van der Waals surface area contributed by atoms with Crippen molar-refractivity contribution in [3.8, 4) is 0 Å². The van der Waals surface area contributed by atoms with Gasteiger partial charge in [0, 0.05) is 63.8 Å². The number of nitrogens with zero attached hydrogens (tertiary/aromatic N) is 4. The van der Waals surface area contributed by atoms with E-state index in [1.165, 1.54) is 0 Å². The third-order valence-electron chi connectivity index (χ3n) is 4.60. The third kappa shape index (κ3) is 10.3. The monoisotopic (exact) mass is 411 g/mol. The third-order valence-corrected chi connectivity index (χ3v) is 4.60. The molecule has 1 aliphatic heterocycles. The van der Waals surface area contributed by atoms with E-state index < -0.39 is 0 Å². The van der Waals surface area contributed by atoms with Crippen molar-refractivity contribution in [3.05, 3.63) is 18.0 Å². The van der Waals surface area contributed by atoms with Crippen LogP contribution in [0.4, 0.5) is 5.95 Å². The quantitative estimate of drug-likeness (QED) is 0.391. The number of nitrogens with two attached hydrogens (primary N) is 1. The van der Waals surface area contributed by atoms with Gasteiger partial charge in [-0.25, -0.2) is 9.97 Å². The molecule has 2 heterocycles. The van der Waals surface area contributed by atoms with Crippen LogP contribution in [-0.4, -0.2) is 100 Å². The molecular formula is C20H37N5O4. The second-order valence-corrected chi connectivity index (χ2v) is 6.87. The number of hydrogen-bond donors (Lipinski definition) is 1. The number of aromatic nitrogens is 2. The second-order valence-electron chi connectivity index (χ2n) is 6.87. The van der Waals surface area contributed by atoms with Crippen molar-refractivity contribution in [2.45, 2.75) is 19.9 Å². The predicted molar refractivity (Wildman–Crippen MR) is 112 cm³/mol. The minimum absolute atomic E-state index is 0.474. The van der Waals surface area contributed by atoms with Gasteiger partial charge in [-0.1, -0.05) is 6.92 Å². The van der Waals surface area contributed by atoms with Crippen LogP contribution in [0.2, 0.25) is 0 Å². The van der Waals surface area contributed by atoms with Crippen molar-refractivity contribution < 1.29 is 18.9 Å². The smallest absolute Gasteiger partial charge is 0.225 e. The Morgan fingerprint density at radius 2 is 1.31 bits per heavy atom. The number of rotatable bonds is 16. The molecule has 1 saturated heterocycles. The molecule has 0 amide bonds. The van der Waals surface area contributed by atoms with E-state index in [1.807, 2.05) is 0 Å². The lowest BCUT2D eigenvalue weighted by Crippen LogP contribution is -2.47. The van der Waals surface area contributed by atoms with Crippen LogP contribution in [0, 0.1) is 0 Å². The van der Waals surface area contributed by atoms with Crippen LogP contribution < -0.4 is 10.6 Å². The van der Waals surface area contributed by atoms with Crippen molar-refractivity contribution >= 4 is 5.95 Å². The second kappa shape index (κ2) is 15.5. The lowest BCUT2D eigenvalue weighted by Gasteiger charge is -2.34. The maximum absolute atomic E-state index is 5.67. The summed E-state index contributed by atoms with van der Waals surface area (Å²) in [4.78, 5) is 13.4. The van der Waals surface area contributed by atoms with Crippen LogP contribution >= 0.6 is 0 Å².